The van der Waals surface area contributed by atoms with E-state index in [9.17, 15) is 14.4 Å². The van der Waals surface area contributed by atoms with Crippen LogP contribution in [0.25, 0.3) is 0 Å². The molecule has 1 fully saturated rings. The Labute approximate surface area is 151 Å². The first-order valence-electron chi connectivity index (χ1n) is 8.14. The number of carbonyl (C=O) groups is 3. The maximum absolute atomic E-state index is 10.3. The number of rotatable bonds is 5. The van der Waals surface area contributed by atoms with Crippen molar-refractivity contribution < 1.29 is 24.2 Å². The molecular weight excluding hydrogens is 336 g/mol. The van der Waals surface area contributed by atoms with Crippen molar-refractivity contribution in [3.8, 4) is 11.5 Å². The molecule has 3 rings (SSSR count). The molecule has 0 saturated carbocycles. The minimum absolute atomic E-state index is 0.148. The number of carboxylic acid groups (broad SMARTS) is 1. The zero-order valence-corrected chi connectivity index (χ0v) is 14.1. The second-order valence-corrected chi connectivity index (χ2v) is 5.51. The van der Waals surface area contributed by atoms with Gasteiger partial charge in [0.05, 0.1) is 0 Å². The van der Waals surface area contributed by atoms with Crippen LogP contribution in [0.2, 0.25) is 0 Å². The number of amides is 3. The summed E-state index contributed by atoms with van der Waals surface area (Å²) in [4.78, 5) is 30.6. The molecule has 3 amide bonds. The summed E-state index contributed by atoms with van der Waals surface area (Å²) in [7, 11) is 0. The third kappa shape index (κ3) is 7.04. The Balaban J connectivity index is 0.000000290. The first kappa shape index (κ1) is 19.0. The number of hydrogen-bond acceptors (Lipinski definition) is 4. The summed E-state index contributed by atoms with van der Waals surface area (Å²) in [6, 6.07) is 17.2. The summed E-state index contributed by atoms with van der Waals surface area (Å²) in [6.07, 6.45) is 0.416. The third-order valence-electron chi connectivity index (χ3n) is 3.45. The lowest BCUT2D eigenvalue weighted by molar-refractivity contribution is -0.124. The average Bonchev–Trinajstić information content (AvgIpc) is 3.01. The predicted molar refractivity (Wildman–Crippen MR) is 95.1 cm³/mol. The standard InChI is InChI=1S/C15H15NO3.C4H5NO2/c17-15(18)16-11-10-12-6-8-14(9-7-12)19-13-4-2-1-3-5-13;6-3-1-2-4(7)5-3/h1-9,16H,10-11H2,(H,17,18);1-2H2,(H,5,6,7). The molecule has 0 atom stereocenters. The van der Waals surface area contributed by atoms with Crippen LogP contribution in [-0.2, 0) is 16.0 Å². The van der Waals surface area contributed by atoms with Crippen LogP contribution in [0, 0.1) is 0 Å². The number of benzene rings is 2. The molecular formula is C19H20N2O5. The second kappa shape index (κ2) is 9.83. The highest BCUT2D eigenvalue weighted by molar-refractivity contribution is 6.01. The van der Waals surface area contributed by atoms with Gasteiger partial charge < -0.3 is 15.2 Å². The van der Waals surface area contributed by atoms with Gasteiger partial charge in [-0.2, -0.15) is 0 Å². The largest absolute Gasteiger partial charge is 0.465 e. The molecule has 26 heavy (non-hydrogen) atoms. The molecule has 7 heteroatoms. The topological polar surface area (TPSA) is 105 Å². The first-order valence-corrected chi connectivity index (χ1v) is 8.14. The Morgan fingerprint density at radius 2 is 1.54 bits per heavy atom. The SMILES string of the molecule is O=C(O)NCCc1ccc(Oc2ccccc2)cc1.O=C1CCC(=O)N1. The fraction of sp³-hybridized carbons (Fsp3) is 0.211. The fourth-order valence-electron chi connectivity index (χ4n) is 2.17. The van der Waals surface area contributed by atoms with Gasteiger partial charge in [-0.25, -0.2) is 4.79 Å². The van der Waals surface area contributed by atoms with Crippen molar-refractivity contribution in [2.45, 2.75) is 19.3 Å². The van der Waals surface area contributed by atoms with Crippen molar-refractivity contribution in [1.29, 1.82) is 0 Å². The van der Waals surface area contributed by atoms with Gasteiger partial charge in [0.2, 0.25) is 11.8 Å². The van der Waals surface area contributed by atoms with E-state index < -0.39 is 6.09 Å². The van der Waals surface area contributed by atoms with Gasteiger partial charge in [0.1, 0.15) is 11.5 Å². The summed E-state index contributed by atoms with van der Waals surface area (Å²) >= 11 is 0. The van der Waals surface area contributed by atoms with Crippen molar-refractivity contribution in [1.82, 2.24) is 10.6 Å². The van der Waals surface area contributed by atoms with Crippen molar-refractivity contribution in [2.24, 2.45) is 0 Å². The molecule has 7 nitrogen and oxygen atoms in total. The highest BCUT2D eigenvalue weighted by Crippen LogP contribution is 2.21. The molecule has 0 bridgehead atoms. The number of carbonyl (C=O) groups excluding carboxylic acids is 2. The Kier molecular flexibility index (Phi) is 7.17. The van der Waals surface area contributed by atoms with Crippen LogP contribution in [0.1, 0.15) is 18.4 Å². The molecule has 0 aromatic heterocycles. The Bertz CT molecular complexity index is 730. The van der Waals surface area contributed by atoms with Gasteiger partial charge in [-0.1, -0.05) is 30.3 Å². The van der Waals surface area contributed by atoms with E-state index in [1.54, 1.807) is 0 Å². The third-order valence-corrected chi connectivity index (χ3v) is 3.45. The number of ether oxygens (including phenoxy) is 1. The van der Waals surface area contributed by atoms with E-state index >= 15 is 0 Å². The number of imide groups is 1. The van der Waals surface area contributed by atoms with Gasteiger partial charge in [-0.15, -0.1) is 0 Å². The Hall–Kier alpha value is -3.35. The van der Waals surface area contributed by atoms with Crippen LogP contribution in [0.4, 0.5) is 4.79 Å². The second-order valence-electron chi connectivity index (χ2n) is 5.51. The molecule has 1 saturated heterocycles. The minimum atomic E-state index is -0.996. The van der Waals surface area contributed by atoms with E-state index in [4.69, 9.17) is 9.84 Å². The smallest absolute Gasteiger partial charge is 0.404 e. The average molecular weight is 356 g/mol. The van der Waals surface area contributed by atoms with Crippen molar-refractivity contribution >= 4 is 17.9 Å². The van der Waals surface area contributed by atoms with E-state index in [2.05, 4.69) is 10.6 Å². The molecule has 0 radical (unpaired) electrons. The molecule has 1 heterocycles. The van der Waals surface area contributed by atoms with E-state index in [1.807, 2.05) is 54.6 Å². The molecule has 3 N–H and O–H groups in total. The highest BCUT2D eigenvalue weighted by atomic mass is 16.5. The van der Waals surface area contributed by atoms with Gasteiger partial charge in [-0.05, 0) is 36.2 Å². The number of hydrogen-bond donors (Lipinski definition) is 3. The van der Waals surface area contributed by atoms with Crippen LogP contribution >= 0.6 is 0 Å². The minimum Gasteiger partial charge on any atom is -0.465 e. The van der Waals surface area contributed by atoms with Crippen molar-refractivity contribution in [3.05, 3.63) is 60.2 Å². The molecule has 0 aliphatic carbocycles. The van der Waals surface area contributed by atoms with Crippen LogP contribution in [0.3, 0.4) is 0 Å². The van der Waals surface area contributed by atoms with Crippen molar-refractivity contribution in [3.63, 3.8) is 0 Å². The van der Waals surface area contributed by atoms with Gasteiger partial charge in [0.25, 0.3) is 0 Å². The summed E-state index contributed by atoms with van der Waals surface area (Å²) in [5.41, 5.74) is 1.06. The van der Waals surface area contributed by atoms with Crippen LogP contribution in [-0.4, -0.2) is 29.6 Å². The van der Waals surface area contributed by atoms with E-state index in [0.717, 1.165) is 17.1 Å². The highest BCUT2D eigenvalue weighted by Gasteiger charge is 2.15. The van der Waals surface area contributed by atoms with E-state index in [0.29, 0.717) is 25.8 Å². The summed E-state index contributed by atoms with van der Waals surface area (Å²) in [5, 5.41) is 12.9. The van der Waals surface area contributed by atoms with E-state index in [-0.39, 0.29) is 11.8 Å². The first-order chi connectivity index (χ1) is 12.5. The lowest BCUT2D eigenvalue weighted by Crippen LogP contribution is -2.23. The monoisotopic (exact) mass is 356 g/mol. The van der Waals surface area contributed by atoms with Crippen LogP contribution < -0.4 is 15.4 Å². The maximum Gasteiger partial charge on any atom is 0.404 e. The number of nitrogens with one attached hydrogen (secondary N) is 2. The van der Waals surface area contributed by atoms with Gasteiger partial charge in [-0.3, -0.25) is 14.9 Å². The Morgan fingerprint density at radius 3 is 2.04 bits per heavy atom. The fourth-order valence-corrected chi connectivity index (χ4v) is 2.17. The van der Waals surface area contributed by atoms with Gasteiger partial charge >= 0.3 is 6.09 Å². The quantitative estimate of drug-likeness (QED) is 0.715. The van der Waals surface area contributed by atoms with Gasteiger partial charge in [0.15, 0.2) is 0 Å². The normalized spacial score (nSPS) is 12.6. The van der Waals surface area contributed by atoms with Crippen LogP contribution in [0.5, 0.6) is 11.5 Å². The molecule has 2 aromatic rings. The summed E-state index contributed by atoms with van der Waals surface area (Å²) in [6.45, 7) is 0.411. The van der Waals surface area contributed by atoms with E-state index in [1.165, 1.54) is 0 Å². The summed E-state index contributed by atoms with van der Waals surface area (Å²) < 4.78 is 5.67. The number of para-hydroxylation sites is 1. The molecule has 1 aliphatic rings. The lowest BCUT2D eigenvalue weighted by Gasteiger charge is -2.06. The maximum atomic E-state index is 10.3. The Morgan fingerprint density at radius 1 is 0.962 bits per heavy atom. The predicted octanol–water partition coefficient (Wildman–Crippen LogP) is 2.71. The molecule has 136 valence electrons. The summed E-state index contributed by atoms with van der Waals surface area (Å²) in [5.74, 6) is 1.26. The molecule has 2 aromatic carbocycles. The lowest BCUT2D eigenvalue weighted by atomic mass is 10.1. The molecule has 0 unspecified atom stereocenters. The zero-order valence-electron chi connectivity index (χ0n) is 14.1. The van der Waals surface area contributed by atoms with Crippen LogP contribution in [0.15, 0.2) is 54.6 Å². The van der Waals surface area contributed by atoms with Gasteiger partial charge in [0, 0.05) is 19.4 Å². The molecule has 1 aliphatic heterocycles. The molecule has 0 spiro atoms. The zero-order chi connectivity index (χ0) is 18.8. The van der Waals surface area contributed by atoms with Crippen molar-refractivity contribution in [2.75, 3.05) is 6.54 Å².